The van der Waals surface area contributed by atoms with Gasteiger partial charge in [0.05, 0.1) is 12.1 Å². The Labute approximate surface area is 143 Å². The van der Waals surface area contributed by atoms with E-state index in [9.17, 15) is 4.79 Å². The van der Waals surface area contributed by atoms with Crippen molar-refractivity contribution in [1.29, 1.82) is 0 Å². The van der Waals surface area contributed by atoms with Crippen LogP contribution in [0.4, 0.5) is 5.13 Å². The molecule has 0 fully saturated rings. The van der Waals surface area contributed by atoms with Crippen LogP contribution >= 0.6 is 11.3 Å². The van der Waals surface area contributed by atoms with E-state index in [-0.39, 0.29) is 12.3 Å². The second kappa shape index (κ2) is 7.31. The Morgan fingerprint density at radius 1 is 1.29 bits per heavy atom. The Morgan fingerprint density at radius 2 is 2.17 bits per heavy atom. The quantitative estimate of drug-likeness (QED) is 0.742. The molecule has 0 bridgehead atoms. The van der Waals surface area contributed by atoms with Gasteiger partial charge < -0.3 is 5.32 Å². The van der Waals surface area contributed by atoms with Crippen LogP contribution in [0.3, 0.4) is 0 Å². The van der Waals surface area contributed by atoms with Crippen molar-refractivity contribution in [1.82, 2.24) is 25.0 Å². The summed E-state index contributed by atoms with van der Waals surface area (Å²) in [5, 5.41) is 16.7. The molecule has 3 aromatic rings. The van der Waals surface area contributed by atoms with Gasteiger partial charge >= 0.3 is 0 Å². The molecule has 0 radical (unpaired) electrons. The molecule has 0 spiro atoms. The molecule has 0 aliphatic rings. The van der Waals surface area contributed by atoms with Crippen molar-refractivity contribution < 1.29 is 4.79 Å². The zero-order valence-corrected chi connectivity index (χ0v) is 14.4. The van der Waals surface area contributed by atoms with Gasteiger partial charge in [-0.3, -0.25) is 14.5 Å². The van der Waals surface area contributed by atoms with Crippen molar-refractivity contribution in [3.05, 3.63) is 52.6 Å². The van der Waals surface area contributed by atoms with E-state index in [4.69, 9.17) is 0 Å². The fourth-order valence-corrected chi connectivity index (χ4v) is 3.08. The number of rotatable bonds is 6. The molecule has 8 heteroatoms. The van der Waals surface area contributed by atoms with E-state index < -0.39 is 0 Å². The van der Waals surface area contributed by atoms with Crippen molar-refractivity contribution in [2.75, 3.05) is 5.32 Å². The molecule has 0 saturated heterocycles. The van der Waals surface area contributed by atoms with Gasteiger partial charge in [0.25, 0.3) is 0 Å². The van der Waals surface area contributed by atoms with Gasteiger partial charge in [0.1, 0.15) is 5.01 Å². The van der Waals surface area contributed by atoms with Gasteiger partial charge in [-0.1, -0.05) is 17.4 Å². The zero-order valence-electron chi connectivity index (χ0n) is 13.6. The number of nitrogens with one attached hydrogen (secondary N) is 1. The lowest BCUT2D eigenvalue weighted by molar-refractivity contribution is -0.115. The third-order valence-electron chi connectivity index (χ3n) is 3.42. The maximum absolute atomic E-state index is 12.0. The number of aryl methyl sites for hydroxylation is 4. The number of anilines is 1. The Balaban J connectivity index is 1.53. The number of carbonyl (C=O) groups is 1. The summed E-state index contributed by atoms with van der Waals surface area (Å²) >= 11 is 1.39. The van der Waals surface area contributed by atoms with Gasteiger partial charge in [0, 0.05) is 30.6 Å². The van der Waals surface area contributed by atoms with Crippen LogP contribution in [0.5, 0.6) is 0 Å². The van der Waals surface area contributed by atoms with Crippen LogP contribution in [0.25, 0.3) is 0 Å². The molecule has 24 heavy (non-hydrogen) atoms. The number of carbonyl (C=O) groups excluding carboxylic acids is 1. The minimum atomic E-state index is -0.144. The lowest BCUT2D eigenvalue weighted by atomic mass is 10.2. The molecule has 7 nitrogen and oxygen atoms in total. The molecule has 0 aliphatic heterocycles. The summed E-state index contributed by atoms with van der Waals surface area (Å²) in [6.45, 7) is 4.75. The van der Waals surface area contributed by atoms with Crippen LogP contribution in [0.15, 0.2) is 30.5 Å². The SMILES string of the molecule is Cc1cc(C)n(CCc2nnc(NC(=O)Cc3ccccn3)s2)n1. The highest BCUT2D eigenvalue weighted by Gasteiger charge is 2.10. The number of aromatic nitrogens is 5. The monoisotopic (exact) mass is 342 g/mol. The van der Waals surface area contributed by atoms with Crippen molar-refractivity contribution in [2.45, 2.75) is 33.2 Å². The Kier molecular flexibility index (Phi) is 4.95. The minimum Gasteiger partial charge on any atom is -0.300 e. The minimum absolute atomic E-state index is 0.144. The summed E-state index contributed by atoms with van der Waals surface area (Å²) in [7, 11) is 0. The number of amides is 1. The van der Waals surface area contributed by atoms with Crippen LogP contribution in [0.1, 0.15) is 22.1 Å². The highest BCUT2D eigenvalue weighted by Crippen LogP contribution is 2.17. The van der Waals surface area contributed by atoms with Gasteiger partial charge in [0.2, 0.25) is 11.0 Å². The Morgan fingerprint density at radius 3 is 2.88 bits per heavy atom. The standard InChI is InChI=1S/C16H18N6OS/c1-11-9-12(2)22(21-11)8-6-15-19-20-16(24-15)18-14(23)10-13-5-3-4-7-17-13/h3-5,7,9H,6,8,10H2,1-2H3,(H,18,20,23). The summed E-state index contributed by atoms with van der Waals surface area (Å²) < 4.78 is 1.95. The molecular formula is C16H18N6OS. The molecule has 3 heterocycles. The maximum Gasteiger partial charge on any atom is 0.232 e. The second-order valence-electron chi connectivity index (χ2n) is 5.45. The molecule has 0 aromatic carbocycles. The van der Waals surface area contributed by atoms with Crippen molar-refractivity contribution in [3.63, 3.8) is 0 Å². The third-order valence-corrected chi connectivity index (χ3v) is 4.32. The van der Waals surface area contributed by atoms with E-state index in [2.05, 4.69) is 25.6 Å². The summed E-state index contributed by atoms with van der Waals surface area (Å²) in [6.07, 6.45) is 2.63. The summed E-state index contributed by atoms with van der Waals surface area (Å²) in [4.78, 5) is 16.1. The first-order chi connectivity index (χ1) is 11.6. The van der Waals surface area contributed by atoms with Gasteiger partial charge in [0.15, 0.2) is 0 Å². The average molecular weight is 342 g/mol. The average Bonchev–Trinajstić information content (AvgIpc) is 3.12. The van der Waals surface area contributed by atoms with Crippen LogP contribution in [0, 0.1) is 13.8 Å². The second-order valence-corrected chi connectivity index (χ2v) is 6.51. The molecule has 3 rings (SSSR count). The van der Waals surface area contributed by atoms with E-state index >= 15 is 0 Å². The molecule has 0 atom stereocenters. The largest absolute Gasteiger partial charge is 0.300 e. The smallest absolute Gasteiger partial charge is 0.232 e. The molecular weight excluding hydrogens is 324 g/mol. The van der Waals surface area contributed by atoms with E-state index in [1.54, 1.807) is 6.20 Å². The van der Waals surface area contributed by atoms with Crippen LogP contribution in [-0.4, -0.2) is 30.9 Å². The molecule has 3 aromatic heterocycles. The lowest BCUT2D eigenvalue weighted by Crippen LogP contribution is -2.14. The first-order valence-electron chi connectivity index (χ1n) is 7.63. The number of hydrogen-bond donors (Lipinski definition) is 1. The van der Waals surface area contributed by atoms with Gasteiger partial charge in [-0.25, -0.2) is 0 Å². The maximum atomic E-state index is 12.0. The zero-order chi connectivity index (χ0) is 16.9. The predicted octanol–water partition coefficient (Wildman–Crippen LogP) is 2.17. The summed E-state index contributed by atoms with van der Waals surface area (Å²) in [5.74, 6) is -0.144. The van der Waals surface area contributed by atoms with Crippen molar-refractivity contribution in [2.24, 2.45) is 0 Å². The van der Waals surface area contributed by atoms with Crippen LogP contribution < -0.4 is 5.32 Å². The molecule has 0 saturated carbocycles. The summed E-state index contributed by atoms with van der Waals surface area (Å²) in [6, 6.07) is 7.54. The lowest BCUT2D eigenvalue weighted by Gasteiger charge is -2.01. The molecule has 1 N–H and O–H groups in total. The highest BCUT2D eigenvalue weighted by atomic mass is 32.1. The number of hydrogen-bond acceptors (Lipinski definition) is 6. The van der Waals surface area contributed by atoms with Crippen LogP contribution in [-0.2, 0) is 24.2 Å². The third kappa shape index (κ3) is 4.23. The molecule has 0 unspecified atom stereocenters. The van der Waals surface area contributed by atoms with E-state index in [0.717, 1.165) is 35.1 Å². The first-order valence-corrected chi connectivity index (χ1v) is 8.45. The van der Waals surface area contributed by atoms with E-state index in [0.29, 0.717) is 5.13 Å². The summed E-state index contributed by atoms with van der Waals surface area (Å²) in [5.41, 5.74) is 2.86. The predicted molar refractivity (Wildman–Crippen MR) is 91.9 cm³/mol. The molecule has 0 aliphatic carbocycles. The fraction of sp³-hybridized carbons (Fsp3) is 0.312. The highest BCUT2D eigenvalue weighted by molar-refractivity contribution is 7.15. The normalized spacial score (nSPS) is 10.8. The fourth-order valence-electron chi connectivity index (χ4n) is 2.34. The molecule has 124 valence electrons. The number of nitrogens with zero attached hydrogens (tertiary/aromatic N) is 5. The van der Waals surface area contributed by atoms with Crippen LogP contribution in [0.2, 0.25) is 0 Å². The molecule has 1 amide bonds. The Bertz CT molecular complexity index is 826. The van der Waals surface area contributed by atoms with Gasteiger partial charge in [-0.15, -0.1) is 10.2 Å². The van der Waals surface area contributed by atoms with Gasteiger partial charge in [-0.2, -0.15) is 5.10 Å². The topological polar surface area (TPSA) is 85.6 Å². The van der Waals surface area contributed by atoms with Gasteiger partial charge in [-0.05, 0) is 32.0 Å². The first kappa shape index (κ1) is 16.3. The number of pyridine rings is 1. The van der Waals surface area contributed by atoms with Crippen molar-refractivity contribution >= 4 is 22.4 Å². The van der Waals surface area contributed by atoms with E-state index in [1.807, 2.05) is 42.8 Å². The van der Waals surface area contributed by atoms with E-state index in [1.165, 1.54) is 11.3 Å². The Hall–Kier alpha value is -2.61. The van der Waals surface area contributed by atoms with Crippen molar-refractivity contribution in [3.8, 4) is 0 Å².